The number of hydrogen-bond donors (Lipinski definition) is 3. The minimum Gasteiger partial charge on any atom is -0.506 e. The average Bonchev–Trinajstić information content (AvgIpc) is 2.84. The molecule has 0 aliphatic heterocycles. The van der Waals surface area contributed by atoms with Crippen molar-refractivity contribution in [2.45, 2.75) is 25.5 Å². The monoisotopic (exact) mass is 655 g/mol. The number of amides is 2. The summed E-state index contributed by atoms with van der Waals surface area (Å²) < 4.78 is 6.60. The predicted molar refractivity (Wildman–Crippen MR) is 148 cm³/mol. The number of phenolic OH excluding ortho intramolecular Hbond substituents is 1. The second kappa shape index (κ2) is 13.1. The quantitative estimate of drug-likeness (QED) is 0.198. The summed E-state index contributed by atoms with van der Waals surface area (Å²) in [5.74, 6) is -0.675. The molecular weight excluding hydrogens is 637 g/mol. The number of hydrazone groups is 1. The van der Waals surface area contributed by atoms with E-state index >= 15 is 0 Å². The molecule has 0 bridgehead atoms. The third-order valence-corrected chi connectivity index (χ3v) is 6.65. The zero-order valence-corrected chi connectivity index (χ0v) is 23.5. The van der Waals surface area contributed by atoms with Crippen LogP contribution in [-0.2, 0) is 16.0 Å². The fraction of sp³-hybridized carbons (Fsp3) is 0.160. The molecular formula is C25H21Br2Cl2N3O4. The van der Waals surface area contributed by atoms with Crippen molar-refractivity contribution < 1.29 is 19.4 Å². The molecule has 11 heteroatoms. The molecule has 0 saturated carbocycles. The minimum atomic E-state index is -0.940. The molecule has 0 heterocycles. The number of phenols is 1. The Bertz CT molecular complexity index is 1250. The maximum Gasteiger partial charge on any atom is 0.262 e. The van der Waals surface area contributed by atoms with E-state index in [4.69, 9.17) is 27.9 Å². The maximum atomic E-state index is 13.0. The second-order valence-corrected chi connectivity index (χ2v) is 10.2. The summed E-state index contributed by atoms with van der Waals surface area (Å²) in [6.07, 6.45) is 0.714. The van der Waals surface area contributed by atoms with Gasteiger partial charge in [-0.15, -0.1) is 0 Å². The van der Waals surface area contributed by atoms with Crippen LogP contribution in [0.4, 0.5) is 0 Å². The molecule has 188 valence electrons. The first-order valence-corrected chi connectivity index (χ1v) is 12.9. The lowest BCUT2D eigenvalue weighted by Crippen LogP contribution is -2.50. The molecule has 0 fully saturated rings. The Labute approximate surface area is 235 Å². The smallest absolute Gasteiger partial charge is 0.262 e. The number of benzene rings is 3. The van der Waals surface area contributed by atoms with E-state index in [0.29, 0.717) is 25.3 Å². The van der Waals surface area contributed by atoms with Crippen LogP contribution in [-0.4, -0.2) is 35.3 Å². The highest BCUT2D eigenvalue weighted by Crippen LogP contribution is 2.32. The van der Waals surface area contributed by atoms with Crippen LogP contribution in [0, 0.1) is 0 Å². The topological polar surface area (TPSA) is 100 Å². The number of aromatic hydroxyl groups is 1. The van der Waals surface area contributed by atoms with Gasteiger partial charge in [0, 0.05) is 11.4 Å². The van der Waals surface area contributed by atoms with Crippen LogP contribution < -0.4 is 15.5 Å². The summed E-state index contributed by atoms with van der Waals surface area (Å²) in [6, 6.07) is 16.3. The normalized spacial score (nSPS) is 12.7. The molecule has 3 aromatic carbocycles. The Balaban J connectivity index is 1.71. The second-order valence-electron chi connectivity index (χ2n) is 7.65. The van der Waals surface area contributed by atoms with Crippen LogP contribution >= 0.6 is 55.1 Å². The van der Waals surface area contributed by atoms with Gasteiger partial charge in [-0.2, -0.15) is 5.10 Å². The summed E-state index contributed by atoms with van der Waals surface area (Å²) in [5, 5.41) is 17.3. The molecule has 0 radical (unpaired) electrons. The summed E-state index contributed by atoms with van der Waals surface area (Å²) in [5.41, 5.74) is 3.93. The van der Waals surface area contributed by atoms with E-state index in [-0.39, 0.29) is 17.2 Å². The van der Waals surface area contributed by atoms with Gasteiger partial charge < -0.3 is 15.2 Å². The zero-order chi connectivity index (χ0) is 26.2. The van der Waals surface area contributed by atoms with E-state index in [1.165, 1.54) is 12.3 Å². The summed E-state index contributed by atoms with van der Waals surface area (Å²) >= 11 is 18.5. The Morgan fingerprint density at radius 2 is 1.72 bits per heavy atom. The van der Waals surface area contributed by atoms with Gasteiger partial charge in [0.05, 0.1) is 20.2 Å². The van der Waals surface area contributed by atoms with Crippen molar-refractivity contribution in [1.29, 1.82) is 0 Å². The molecule has 2 atom stereocenters. The molecule has 0 aromatic heterocycles. The van der Waals surface area contributed by atoms with Crippen molar-refractivity contribution in [3.63, 3.8) is 0 Å². The summed E-state index contributed by atoms with van der Waals surface area (Å²) in [6.45, 7) is 1.55. The van der Waals surface area contributed by atoms with Gasteiger partial charge in [-0.05, 0) is 80.2 Å². The minimum absolute atomic E-state index is 0.0537. The van der Waals surface area contributed by atoms with Crippen LogP contribution in [0.1, 0.15) is 18.1 Å². The third kappa shape index (κ3) is 7.96. The van der Waals surface area contributed by atoms with Crippen molar-refractivity contribution in [3.05, 3.63) is 90.8 Å². The number of nitrogens with zero attached hydrogens (tertiary/aromatic N) is 1. The van der Waals surface area contributed by atoms with Crippen molar-refractivity contribution in [2.75, 3.05) is 0 Å². The fourth-order valence-electron chi connectivity index (χ4n) is 3.07. The number of carbonyl (C=O) groups excluding carboxylic acids is 2. The Morgan fingerprint density at radius 1 is 1.06 bits per heavy atom. The lowest BCUT2D eigenvalue weighted by molar-refractivity contribution is -0.132. The molecule has 0 unspecified atom stereocenters. The highest BCUT2D eigenvalue weighted by Gasteiger charge is 2.25. The lowest BCUT2D eigenvalue weighted by atomic mass is 10.1. The zero-order valence-electron chi connectivity index (χ0n) is 18.8. The van der Waals surface area contributed by atoms with Gasteiger partial charge in [0.15, 0.2) is 6.10 Å². The van der Waals surface area contributed by atoms with Crippen LogP contribution in [0.5, 0.6) is 11.5 Å². The van der Waals surface area contributed by atoms with Gasteiger partial charge in [-0.3, -0.25) is 9.59 Å². The largest absolute Gasteiger partial charge is 0.506 e. The predicted octanol–water partition coefficient (Wildman–Crippen LogP) is 5.87. The van der Waals surface area contributed by atoms with Gasteiger partial charge in [0.1, 0.15) is 17.5 Å². The van der Waals surface area contributed by atoms with Crippen molar-refractivity contribution >= 4 is 73.1 Å². The van der Waals surface area contributed by atoms with Crippen molar-refractivity contribution in [3.8, 4) is 11.5 Å². The van der Waals surface area contributed by atoms with Crippen LogP contribution in [0.15, 0.2) is 74.7 Å². The SMILES string of the molecule is C[C@@H](Oc1ccc(Cl)cc1Cl)C(=O)N[C@H](Cc1ccccc1)C(=O)N/N=C\c1cc(Br)c(O)c(Br)c1. The molecule has 0 spiro atoms. The first-order valence-electron chi connectivity index (χ1n) is 10.6. The van der Waals surface area contributed by atoms with Gasteiger partial charge in [-0.1, -0.05) is 53.5 Å². The molecule has 0 aliphatic rings. The Kier molecular flexibility index (Phi) is 10.2. The number of nitrogens with one attached hydrogen (secondary N) is 2. The molecule has 3 N–H and O–H groups in total. The summed E-state index contributed by atoms with van der Waals surface area (Å²) in [7, 11) is 0. The first-order chi connectivity index (χ1) is 17.1. The van der Waals surface area contributed by atoms with Crippen molar-refractivity contribution in [1.82, 2.24) is 10.7 Å². The molecule has 0 saturated heterocycles. The number of halogens is 4. The van der Waals surface area contributed by atoms with E-state index in [0.717, 1.165) is 5.56 Å². The average molecular weight is 658 g/mol. The Hall–Kier alpha value is -2.59. The number of rotatable bonds is 9. The van der Waals surface area contributed by atoms with Crippen molar-refractivity contribution in [2.24, 2.45) is 5.10 Å². The van der Waals surface area contributed by atoms with Crippen LogP contribution in [0.3, 0.4) is 0 Å². The van der Waals surface area contributed by atoms with Gasteiger partial charge in [0.2, 0.25) is 0 Å². The van der Waals surface area contributed by atoms with Gasteiger partial charge >= 0.3 is 0 Å². The van der Waals surface area contributed by atoms with Gasteiger partial charge in [-0.25, -0.2) is 5.43 Å². The molecule has 36 heavy (non-hydrogen) atoms. The number of ether oxygens (including phenoxy) is 1. The highest BCUT2D eigenvalue weighted by atomic mass is 79.9. The standard InChI is InChI=1S/C25H21Br2Cl2N3O4/c1-14(36-22-8-7-17(28)12-20(22)29)24(34)31-21(11-15-5-3-2-4-6-15)25(35)32-30-13-16-9-18(26)23(33)19(27)10-16/h2-10,12-14,21,33H,11H2,1H3,(H,31,34)(H,32,35)/b30-13-/t14-,21-/m1/s1. The molecule has 3 rings (SSSR count). The van der Waals surface area contributed by atoms with E-state index in [1.807, 2.05) is 30.3 Å². The Morgan fingerprint density at radius 3 is 2.36 bits per heavy atom. The summed E-state index contributed by atoms with van der Waals surface area (Å²) in [4.78, 5) is 25.8. The molecule has 7 nitrogen and oxygen atoms in total. The number of hydrogen-bond acceptors (Lipinski definition) is 5. The third-order valence-electron chi connectivity index (χ3n) is 4.91. The van der Waals surface area contributed by atoms with E-state index in [9.17, 15) is 14.7 Å². The maximum absolute atomic E-state index is 13.0. The van der Waals surface area contributed by atoms with Crippen LogP contribution in [0.25, 0.3) is 0 Å². The fourth-order valence-corrected chi connectivity index (χ4v) is 4.75. The van der Waals surface area contributed by atoms with Crippen LogP contribution in [0.2, 0.25) is 10.0 Å². The first kappa shape index (κ1) is 28.0. The highest BCUT2D eigenvalue weighted by molar-refractivity contribution is 9.11. The van der Waals surface area contributed by atoms with E-state index in [2.05, 4.69) is 47.7 Å². The molecule has 0 aliphatic carbocycles. The van der Waals surface area contributed by atoms with E-state index < -0.39 is 24.0 Å². The lowest BCUT2D eigenvalue weighted by Gasteiger charge is -2.21. The van der Waals surface area contributed by atoms with E-state index in [1.54, 1.807) is 31.2 Å². The molecule has 3 aromatic rings. The number of carbonyl (C=O) groups is 2. The van der Waals surface area contributed by atoms with Gasteiger partial charge in [0.25, 0.3) is 11.8 Å². The molecule has 2 amide bonds.